The van der Waals surface area contributed by atoms with Crippen LogP contribution in [0.4, 0.5) is 0 Å². The Morgan fingerprint density at radius 1 is 1.11 bits per heavy atom. The van der Waals surface area contributed by atoms with E-state index in [2.05, 4.69) is 5.32 Å². The van der Waals surface area contributed by atoms with Crippen molar-refractivity contribution in [1.29, 1.82) is 0 Å². The summed E-state index contributed by atoms with van der Waals surface area (Å²) < 4.78 is 15.9. The Kier molecular flexibility index (Phi) is 7.43. The van der Waals surface area contributed by atoms with Gasteiger partial charge in [0, 0.05) is 24.0 Å². The lowest BCUT2D eigenvalue weighted by molar-refractivity contribution is -0.305. The average Bonchev–Trinajstić information content (AvgIpc) is 2.66. The minimum atomic E-state index is -1.07. The summed E-state index contributed by atoms with van der Waals surface area (Å²) in [6.45, 7) is 2.17. The van der Waals surface area contributed by atoms with Crippen LogP contribution < -0.4 is 25.5 Å². The van der Waals surface area contributed by atoms with Crippen LogP contribution in [-0.4, -0.2) is 32.6 Å². The average molecular weight is 390 g/mol. The molecule has 0 bridgehead atoms. The Hall–Kier alpha value is -3.03. The van der Waals surface area contributed by atoms with E-state index in [4.69, 9.17) is 13.9 Å². The zero-order chi connectivity index (χ0) is 20.7. The highest BCUT2D eigenvalue weighted by Gasteiger charge is 2.17. The summed E-state index contributed by atoms with van der Waals surface area (Å²) in [5, 5.41) is 13.7. The highest BCUT2D eigenvalue weighted by Crippen LogP contribution is 2.33. The number of hydrogen-bond acceptors (Lipinski definition) is 7. The molecular formula is C20H24NO7-. The van der Waals surface area contributed by atoms with E-state index in [1.54, 1.807) is 19.1 Å². The maximum absolute atomic E-state index is 12.3. The molecular weight excluding hydrogens is 366 g/mol. The van der Waals surface area contributed by atoms with Crippen molar-refractivity contribution in [1.82, 2.24) is 5.32 Å². The molecule has 0 aliphatic carbocycles. The Morgan fingerprint density at radius 3 is 2.43 bits per heavy atom. The van der Waals surface area contributed by atoms with Crippen LogP contribution in [0.3, 0.4) is 0 Å². The van der Waals surface area contributed by atoms with Gasteiger partial charge in [-0.15, -0.1) is 0 Å². The summed E-state index contributed by atoms with van der Waals surface area (Å²) in [6, 6.07) is 3.30. The fourth-order valence-corrected chi connectivity index (χ4v) is 2.94. The first-order chi connectivity index (χ1) is 13.4. The fraction of sp³-hybridized carbons (Fsp3) is 0.450. The summed E-state index contributed by atoms with van der Waals surface area (Å²) in [5.74, 6) is -0.424. The van der Waals surface area contributed by atoms with Gasteiger partial charge in [0.25, 0.3) is 0 Å². The van der Waals surface area contributed by atoms with Gasteiger partial charge in [0.2, 0.25) is 5.91 Å². The lowest BCUT2D eigenvalue weighted by Crippen LogP contribution is -2.28. The van der Waals surface area contributed by atoms with Crippen LogP contribution in [0, 0.1) is 6.92 Å². The summed E-state index contributed by atoms with van der Waals surface area (Å²) >= 11 is 0. The lowest BCUT2D eigenvalue weighted by Gasteiger charge is -2.12. The number of ether oxygens (including phenoxy) is 2. The molecule has 2 aromatic rings. The molecule has 0 unspecified atom stereocenters. The van der Waals surface area contributed by atoms with Gasteiger partial charge in [0.1, 0.15) is 5.58 Å². The summed E-state index contributed by atoms with van der Waals surface area (Å²) in [6.07, 6.45) is 1.75. The van der Waals surface area contributed by atoms with Gasteiger partial charge in [-0.3, -0.25) is 4.79 Å². The highest BCUT2D eigenvalue weighted by atomic mass is 16.5. The molecule has 2 rings (SSSR count). The van der Waals surface area contributed by atoms with Gasteiger partial charge in [-0.25, -0.2) is 4.79 Å². The molecule has 1 aromatic heterocycles. The zero-order valence-corrected chi connectivity index (χ0v) is 16.3. The first kappa shape index (κ1) is 21.3. The molecule has 1 N–H and O–H groups in total. The van der Waals surface area contributed by atoms with Crippen molar-refractivity contribution in [2.75, 3.05) is 20.8 Å². The highest BCUT2D eigenvalue weighted by molar-refractivity contribution is 5.86. The Labute approximate surface area is 162 Å². The van der Waals surface area contributed by atoms with Gasteiger partial charge in [-0.2, -0.15) is 0 Å². The number of benzene rings is 1. The second-order valence-electron chi connectivity index (χ2n) is 6.41. The first-order valence-electron chi connectivity index (χ1n) is 9.02. The van der Waals surface area contributed by atoms with Crippen molar-refractivity contribution in [2.24, 2.45) is 0 Å². The molecule has 1 amide bonds. The van der Waals surface area contributed by atoms with Crippen LogP contribution in [0.2, 0.25) is 0 Å². The second-order valence-corrected chi connectivity index (χ2v) is 6.41. The molecule has 28 heavy (non-hydrogen) atoms. The number of carbonyl (C=O) groups is 2. The smallest absolute Gasteiger partial charge is 0.340 e. The number of aliphatic carboxylic acids is 1. The molecule has 0 radical (unpaired) electrons. The van der Waals surface area contributed by atoms with E-state index < -0.39 is 11.6 Å². The van der Waals surface area contributed by atoms with Crippen LogP contribution in [0.5, 0.6) is 11.5 Å². The van der Waals surface area contributed by atoms with Gasteiger partial charge in [0.05, 0.1) is 26.2 Å². The SMILES string of the molecule is COc1cc2oc(=O)c(CC(=O)NCCCCCC(=O)[O-])c(C)c2cc1OC. The minimum absolute atomic E-state index is 0.0134. The Balaban J connectivity index is 2.09. The molecule has 0 aliphatic rings. The monoisotopic (exact) mass is 390 g/mol. The summed E-state index contributed by atoms with van der Waals surface area (Å²) in [7, 11) is 3.01. The molecule has 152 valence electrons. The third kappa shape index (κ3) is 5.25. The number of aryl methyl sites for hydroxylation is 1. The standard InChI is InChI=1S/C20H25NO7/c1-12-13-9-16(26-2)17(27-3)11-15(13)28-20(25)14(12)10-18(22)21-8-6-4-5-7-19(23)24/h9,11H,4-8,10H2,1-3H3,(H,21,22)(H,23,24)/p-1. The van der Waals surface area contributed by atoms with Crippen molar-refractivity contribution < 1.29 is 28.6 Å². The second kappa shape index (κ2) is 9.77. The molecule has 0 saturated heterocycles. The van der Waals surface area contributed by atoms with E-state index in [-0.39, 0.29) is 24.3 Å². The van der Waals surface area contributed by atoms with Gasteiger partial charge in [-0.05, 0) is 37.8 Å². The number of amides is 1. The van der Waals surface area contributed by atoms with Crippen molar-refractivity contribution in [3.05, 3.63) is 33.7 Å². The van der Waals surface area contributed by atoms with E-state index in [1.807, 2.05) is 0 Å². The van der Waals surface area contributed by atoms with Gasteiger partial charge >= 0.3 is 5.63 Å². The van der Waals surface area contributed by atoms with Crippen LogP contribution in [-0.2, 0) is 16.0 Å². The number of carboxylic acids is 1. The molecule has 0 atom stereocenters. The van der Waals surface area contributed by atoms with Crippen LogP contribution in [0.1, 0.15) is 36.8 Å². The number of unbranched alkanes of at least 4 members (excludes halogenated alkanes) is 2. The number of methoxy groups -OCH3 is 2. The molecule has 0 spiro atoms. The van der Waals surface area contributed by atoms with E-state index in [0.717, 1.165) is 0 Å². The summed E-state index contributed by atoms with van der Waals surface area (Å²) in [4.78, 5) is 34.9. The molecule has 8 nitrogen and oxygen atoms in total. The summed E-state index contributed by atoms with van der Waals surface area (Å²) in [5.41, 5.74) is 0.726. The Morgan fingerprint density at radius 2 is 1.79 bits per heavy atom. The molecule has 1 aromatic carbocycles. The molecule has 1 heterocycles. The van der Waals surface area contributed by atoms with Gasteiger partial charge in [-0.1, -0.05) is 6.42 Å². The molecule has 8 heteroatoms. The van der Waals surface area contributed by atoms with Crippen LogP contribution in [0.15, 0.2) is 21.3 Å². The maximum Gasteiger partial charge on any atom is 0.340 e. The maximum atomic E-state index is 12.3. The number of carboxylic acid groups (broad SMARTS) is 1. The number of carbonyl (C=O) groups excluding carboxylic acids is 2. The van der Waals surface area contributed by atoms with Crippen molar-refractivity contribution in [3.8, 4) is 11.5 Å². The van der Waals surface area contributed by atoms with E-state index in [0.29, 0.717) is 53.8 Å². The van der Waals surface area contributed by atoms with E-state index in [1.165, 1.54) is 14.2 Å². The van der Waals surface area contributed by atoms with E-state index in [9.17, 15) is 19.5 Å². The third-order valence-corrected chi connectivity index (χ3v) is 4.51. The number of nitrogens with one attached hydrogen (secondary N) is 1. The number of rotatable bonds is 10. The first-order valence-corrected chi connectivity index (χ1v) is 9.02. The third-order valence-electron chi connectivity index (χ3n) is 4.51. The topological polar surface area (TPSA) is 118 Å². The number of hydrogen-bond donors (Lipinski definition) is 1. The normalized spacial score (nSPS) is 10.7. The quantitative estimate of drug-likeness (QED) is 0.476. The van der Waals surface area contributed by atoms with Crippen molar-refractivity contribution >= 4 is 22.8 Å². The molecule has 0 saturated carbocycles. The fourth-order valence-electron chi connectivity index (χ4n) is 2.94. The van der Waals surface area contributed by atoms with Crippen LogP contribution in [0.25, 0.3) is 11.0 Å². The minimum Gasteiger partial charge on any atom is -0.550 e. The van der Waals surface area contributed by atoms with Gasteiger partial charge < -0.3 is 29.1 Å². The largest absolute Gasteiger partial charge is 0.550 e. The lowest BCUT2D eigenvalue weighted by atomic mass is 10.0. The van der Waals surface area contributed by atoms with Crippen LogP contribution >= 0.6 is 0 Å². The zero-order valence-electron chi connectivity index (χ0n) is 16.3. The van der Waals surface area contributed by atoms with Crippen molar-refractivity contribution in [2.45, 2.75) is 39.0 Å². The molecule has 0 aliphatic heterocycles. The van der Waals surface area contributed by atoms with E-state index >= 15 is 0 Å². The van der Waals surface area contributed by atoms with Crippen molar-refractivity contribution in [3.63, 3.8) is 0 Å². The predicted octanol–water partition coefficient (Wildman–Crippen LogP) is 1.09. The van der Waals surface area contributed by atoms with Gasteiger partial charge in [0.15, 0.2) is 11.5 Å². The predicted molar refractivity (Wildman–Crippen MR) is 101 cm³/mol. The Bertz CT molecular complexity index is 917. The molecule has 0 fully saturated rings. The number of fused-ring (bicyclic) bond motifs is 1.